The summed E-state index contributed by atoms with van der Waals surface area (Å²) in [7, 11) is 0. The Labute approximate surface area is 105 Å². The van der Waals surface area contributed by atoms with E-state index in [0.29, 0.717) is 4.99 Å². The summed E-state index contributed by atoms with van der Waals surface area (Å²) in [6.45, 7) is 5.91. The van der Waals surface area contributed by atoms with Crippen LogP contribution in [0.25, 0.3) is 0 Å². The number of hydrogen-bond donors (Lipinski definition) is 1. The number of rotatable bonds is 3. The van der Waals surface area contributed by atoms with Gasteiger partial charge < -0.3 is 10.6 Å². The second kappa shape index (κ2) is 5.01. The Morgan fingerprint density at radius 1 is 1.31 bits per heavy atom. The topological polar surface area (TPSA) is 29.3 Å². The maximum Gasteiger partial charge on any atom is 0.0788 e. The molecule has 1 aliphatic heterocycles. The van der Waals surface area contributed by atoms with E-state index < -0.39 is 0 Å². The average molecular weight is 240 g/mol. The number of thiocarbonyl (C=S) groups is 1. The van der Waals surface area contributed by atoms with Crippen LogP contribution in [-0.2, 0) is 0 Å². The van der Waals surface area contributed by atoms with Crippen LogP contribution < -0.4 is 5.73 Å². The summed E-state index contributed by atoms with van der Waals surface area (Å²) >= 11 is 5.17. The fourth-order valence-corrected chi connectivity index (χ4v) is 3.24. The van der Waals surface area contributed by atoms with E-state index in [1.54, 1.807) is 0 Å². The Bertz CT molecular complexity index is 251. The zero-order valence-corrected chi connectivity index (χ0v) is 11.2. The zero-order valence-electron chi connectivity index (χ0n) is 10.4. The van der Waals surface area contributed by atoms with Crippen molar-refractivity contribution in [3.05, 3.63) is 0 Å². The smallest absolute Gasteiger partial charge is 0.0788 e. The number of hydrogen-bond acceptors (Lipinski definition) is 2. The summed E-state index contributed by atoms with van der Waals surface area (Å²) in [6.07, 6.45) is 8.09. The Morgan fingerprint density at radius 3 is 2.38 bits per heavy atom. The van der Waals surface area contributed by atoms with Gasteiger partial charge in [-0.3, -0.25) is 0 Å². The lowest BCUT2D eigenvalue weighted by atomic mass is 9.80. The molecule has 0 radical (unpaired) electrons. The Morgan fingerprint density at radius 2 is 1.88 bits per heavy atom. The van der Waals surface area contributed by atoms with Gasteiger partial charge in [-0.2, -0.15) is 0 Å². The molecule has 0 bridgehead atoms. The predicted octanol–water partition coefficient (Wildman–Crippen LogP) is 2.56. The van der Waals surface area contributed by atoms with E-state index in [2.05, 4.69) is 11.8 Å². The molecule has 1 heterocycles. The molecule has 92 valence electrons. The first kappa shape index (κ1) is 12.3. The molecule has 0 aromatic rings. The van der Waals surface area contributed by atoms with Crippen molar-refractivity contribution in [3.8, 4) is 0 Å². The lowest BCUT2D eigenvalue weighted by Gasteiger charge is -2.39. The van der Waals surface area contributed by atoms with E-state index in [-0.39, 0.29) is 5.41 Å². The summed E-state index contributed by atoms with van der Waals surface area (Å²) < 4.78 is 0. The van der Waals surface area contributed by atoms with Crippen LogP contribution in [0.4, 0.5) is 0 Å². The first-order chi connectivity index (χ1) is 7.60. The Balaban J connectivity index is 1.78. The predicted molar refractivity (Wildman–Crippen MR) is 72.5 cm³/mol. The Hall–Kier alpha value is -0.150. The molecule has 1 saturated carbocycles. The van der Waals surface area contributed by atoms with Gasteiger partial charge in [0.15, 0.2) is 0 Å². The van der Waals surface area contributed by atoms with Gasteiger partial charge in [0.25, 0.3) is 0 Å². The van der Waals surface area contributed by atoms with Gasteiger partial charge in [0.1, 0.15) is 0 Å². The van der Waals surface area contributed by atoms with Crippen molar-refractivity contribution in [3.63, 3.8) is 0 Å². The molecule has 3 heteroatoms. The molecule has 2 fully saturated rings. The van der Waals surface area contributed by atoms with Crippen LogP contribution in [0.3, 0.4) is 0 Å². The second-order valence-corrected chi connectivity index (χ2v) is 6.32. The summed E-state index contributed by atoms with van der Waals surface area (Å²) in [4.78, 5) is 3.34. The largest absolute Gasteiger partial charge is 0.393 e. The molecule has 2 N–H and O–H groups in total. The quantitative estimate of drug-likeness (QED) is 0.769. The van der Waals surface area contributed by atoms with Crippen molar-refractivity contribution in [1.29, 1.82) is 0 Å². The van der Waals surface area contributed by atoms with E-state index in [1.807, 2.05) is 0 Å². The van der Waals surface area contributed by atoms with Gasteiger partial charge in [-0.1, -0.05) is 32.0 Å². The molecule has 1 aliphatic carbocycles. The van der Waals surface area contributed by atoms with Gasteiger partial charge in [-0.05, 0) is 44.7 Å². The summed E-state index contributed by atoms with van der Waals surface area (Å²) in [5, 5.41) is 0. The Kier molecular flexibility index (Phi) is 3.85. The minimum absolute atomic E-state index is 0.126. The van der Waals surface area contributed by atoms with Gasteiger partial charge in [0.2, 0.25) is 0 Å². The van der Waals surface area contributed by atoms with Gasteiger partial charge in [-0.25, -0.2) is 0 Å². The van der Waals surface area contributed by atoms with E-state index in [9.17, 15) is 0 Å². The molecular weight excluding hydrogens is 216 g/mol. The molecule has 0 amide bonds. The highest BCUT2D eigenvalue weighted by molar-refractivity contribution is 7.80. The maximum absolute atomic E-state index is 5.82. The van der Waals surface area contributed by atoms with E-state index >= 15 is 0 Å². The minimum atomic E-state index is 0.126. The molecule has 2 aliphatic rings. The highest BCUT2D eigenvalue weighted by Gasteiger charge is 2.33. The third-order valence-electron chi connectivity index (χ3n) is 4.55. The summed E-state index contributed by atoms with van der Waals surface area (Å²) in [5.74, 6) is 0.967. The maximum atomic E-state index is 5.82. The molecule has 1 saturated heterocycles. The fourth-order valence-electron chi connectivity index (χ4n) is 3.03. The summed E-state index contributed by atoms with van der Waals surface area (Å²) in [5.41, 5.74) is 5.95. The first-order valence-corrected chi connectivity index (χ1v) is 7.03. The number of nitrogens with zero attached hydrogens (tertiary/aromatic N) is 1. The molecular formula is C13H24N2S. The summed E-state index contributed by atoms with van der Waals surface area (Å²) in [6, 6.07) is 0. The van der Waals surface area contributed by atoms with Crippen molar-refractivity contribution in [1.82, 2.24) is 4.90 Å². The molecule has 2 rings (SSSR count). The van der Waals surface area contributed by atoms with E-state index in [4.69, 9.17) is 18.0 Å². The van der Waals surface area contributed by atoms with Crippen LogP contribution >= 0.6 is 12.2 Å². The molecule has 16 heavy (non-hydrogen) atoms. The van der Waals surface area contributed by atoms with Crippen LogP contribution in [0.15, 0.2) is 0 Å². The van der Waals surface area contributed by atoms with Crippen molar-refractivity contribution in [2.45, 2.75) is 45.4 Å². The van der Waals surface area contributed by atoms with Crippen molar-refractivity contribution in [2.75, 3.05) is 19.6 Å². The van der Waals surface area contributed by atoms with E-state index in [1.165, 1.54) is 45.3 Å². The van der Waals surface area contributed by atoms with Crippen LogP contribution in [-0.4, -0.2) is 29.5 Å². The van der Waals surface area contributed by atoms with Crippen molar-refractivity contribution < 1.29 is 0 Å². The van der Waals surface area contributed by atoms with Gasteiger partial charge in [0, 0.05) is 12.0 Å². The van der Waals surface area contributed by atoms with Crippen LogP contribution in [0.1, 0.15) is 45.4 Å². The SMILES string of the molecule is CC1(C(N)=S)CCN(CC2CCCC2)CC1. The third-order valence-corrected chi connectivity index (χ3v) is 5.04. The van der Waals surface area contributed by atoms with Crippen LogP contribution in [0, 0.1) is 11.3 Å². The number of nitrogens with two attached hydrogens (primary N) is 1. The second-order valence-electron chi connectivity index (χ2n) is 5.88. The highest BCUT2D eigenvalue weighted by atomic mass is 32.1. The van der Waals surface area contributed by atoms with Crippen LogP contribution in [0.2, 0.25) is 0 Å². The minimum Gasteiger partial charge on any atom is -0.393 e. The molecule has 0 unspecified atom stereocenters. The standard InChI is InChI=1S/C13H24N2S/c1-13(12(14)16)6-8-15(9-7-13)10-11-4-2-3-5-11/h11H,2-10H2,1H3,(H2,14,16). The van der Waals surface area contributed by atoms with Gasteiger partial charge >= 0.3 is 0 Å². The normalized spacial score (nSPS) is 27.1. The lowest BCUT2D eigenvalue weighted by molar-refractivity contribution is 0.144. The lowest BCUT2D eigenvalue weighted by Crippen LogP contribution is -2.45. The third kappa shape index (κ3) is 2.75. The van der Waals surface area contributed by atoms with E-state index in [0.717, 1.165) is 18.8 Å². The molecule has 0 atom stereocenters. The van der Waals surface area contributed by atoms with Crippen molar-refractivity contribution >= 4 is 17.2 Å². The number of piperidine rings is 1. The zero-order chi connectivity index (χ0) is 11.6. The van der Waals surface area contributed by atoms with Crippen LogP contribution in [0.5, 0.6) is 0 Å². The van der Waals surface area contributed by atoms with Gasteiger partial charge in [-0.15, -0.1) is 0 Å². The molecule has 0 aromatic heterocycles. The molecule has 0 spiro atoms. The monoisotopic (exact) mass is 240 g/mol. The van der Waals surface area contributed by atoms with Crippen molar-refractivity contribution in [2.24, 2.45) is 17.1 Å². The fraction of sp³-hybridized carbons (Fsp3) is 0.923. The molecule has 0 aromatic carbocycles. The first-order valence-electron chi connectivity index (χ1n) is 6.62. The average Bonchev–Trinajstić information content (AvgIpc) is 2.74. The highest BCUT2D eigenvalue weighted by Crippen LogP contribution is 2.33. The number of likely N-dealkylation sites (tertiary alicyclic amines) is 1. The molecule has 2 nitrogen and oxygen atoms in total. The van der Waals surface area contributed by atoms with Gasteiger partial charge in [0.05, 0.1) is 4.99 Å².